The van der Waals surface area contributed by atoms with E-state index in [-0.39, 0.29) is 6.61 Å². The molecule has 0 unspecified atom stereocenters. The van der Waals surface area contributed by atoms with Crippen molar-refractivity contribution in [2.45, 2.75) is 272 Å². The average molecular weight is 745 g/mol. The van der Waals surface area contributed by atoms with Gasteiger partial charge in [-0.3, -0.25) is 9.59 Å². The molecule has 0 aliphatic rings. The molecule has 0 heterocycles. The van der Waals surface area contributed by atoms with E-state index in [2.05, 4.69) is 20.8 Å². The number of aliphatic hydroxyl groups is 2. The summed E-state index contributed by atoms with van der Waals surface area (Å²) in [6.07, 6.45) is 47.8. The Hall–Kier alpha value is -1.14. The Morgan fingerprint density at radius 2 is 0.442 bits per heavy atom. The second-order valence-electron chi connectivity index (χ2n) is 15.0. The smallest absolute Gasteiger partial charge is 0.303 e. The van der Waals surface area contributed by atoms with E-state index in [4.69, 9.17) is 20.4 Å². The van der Waals surface area contributed by atoms with Crippen molar-refractivity contribution in [3.63, 3.8) is 0 Å². The van der Waals surface area contributed by atoms with Gasteiger partial charge >= 0.3 is 11.9 Å². The summed E-state index contributed by atoms with van der Waals surface area (Å²) in [5.41, 5.74) is 0. The first-order valence-electron chi connectivity index (χ1n) is 23.0. The molecule has 0 amide bonds. The molecule has 0 radical (unpaired) electrons. The largest absolute Gasteiger partial charge is 0.481 e. The highest BCUT2D eigenvalue weighted by Crippen LogP contribution is 2.14. The van der Waals surface area contributed by atoms with Crippen LogP contribution in [0.1, 0.15) is 272 Å². The first-order chi connectivity index (χ1) is 25.4. The lowest BCUT2D eigenvalue weighted by Gasteiger charge is -2.02. The Morgan fingerprint density at radius 1 is 0.288 bits per heavy atom. The second kappa shape index (κ2) is 59.1. The van der Waals surface area contributed by atoms with E-state index in [1.165, 1.54) is 199 Å². The summed E-state index contributed by atoms with van der Waals surface area (Å²) < 4.78 is 0. The summed E-state index contributed by atoms with van der Waals surface area (Å²) >= 11 is 0. The van der Waals surface area contributed by atoms with E-state index in [1.807, 2.05) is 0 Å². The van der Waals surface area contributed by atoms with Crippen LogP contribution in [0.15, 0.2) is 0 Å². The Balaban J connectivity index is -0.000000324. The van der Waals surface area contributed by atoms with Gasteiger partial charge in [-0.05, 0) is 26.2 Å². The van der Waals surface area contributed by atoms with Crippen LogP contribution >= 0.6 is 0 Å². The second-order valence-corrected chi connectivity index (χ2v) is 15.0. The van der Waals surface area contributed by atoms with Crippen molar-refractivity contribution in [2.75, 3.05) is 13.2 Å². The topological polar surface area (TPSA) is 115 Å². The normalized spacial score (nSPS) is 10.4. The minimum absolute atomic E-state index is 0.250. The van der Waals surface area contributed by atoms with Gasteiger partial charge in [-0.25, -0.2) is 0 Å². The van der Waals surface area contributed by atoms with Gasteiger partial charge in [-0.2, -0.15) is 0 Å². The first kappa shape index (κ1) is 57.6. The molecule has 0 fully saturated rings. The molecule has 0 saturated carbocycles. The van der Waals surface area contributed by atoms with Gasteiger partial charge in [-0.15, -0.1) is 0 Å². The van der Waals surface area contributed by atoms with E-state index in [0.717, 1.165) is 32.1 Å². The van der Waals surface area contributed by atoms with Crippen LogP contribution in [0.2, 0.25) is 0 Å². The number of carbonyl (C=O) groups is 2. The number of aliphatic carboxylic acids is 2. The highest BCUT2D eigenvalue weighted by molar-refractivity contribution is 5.66. The van der Waals surface area contributed by atoms with Gasteiger partial charge in [0.15, 0.2) is 0 Å². The fourth-order valence-electron chi connectivity index (χ4n) is 6.19. The molecular formula is C46H96O6. The molecule has 6 heteroatoms. The lowest BCUT2D eigenvalue weighted by Crippen LogP contribution is -1.93. The number of rotatable bonds is 38. The zero-order valence-electron chi connectivity index (χ0n) is 35.9. The fraction of sp³-hybridized carbons (Fsp3) is 0.957. The lowest BCUT2D eigenvalue weighted by molar-refractivity contribution is -0.138. The van der Waals surface area contributed by atoms with Gasteiger partial charge in [-0.1, -0.05) is 233 Å². The molecule has 0 aromatic heterocycles. The highest BCUT2D eigenvalue weighted by Gasteiger charge is 1.98. The fourth-order valence-corrected chi connectivity index (χ4v) is 6.19. The van der Waals surface area contributed by atoms with Gasteiger partial charge < -0.3 is 20.4 Å². The van der Waals surface area contributed by atoms with Crippen LogP contribution in [0.4, 0.5) is 0 Å². The number of unbranched alkanes of at least 4 members (excludes halogenated alkanes) is 33. The van der Waals surface area contributed by atoms with E-state index in [9.17, 15) is 9.59 Å². The number of carboxylic acid groups (broad SMARTS) is 2. The molecule has 0 aliphatic carbocycles. The van der Waals surface area contributed by atoms with Crippen molar-refractivity contribution in [1.82, 2.24) is 0 Å². The first-order valence-corrected chi connectivity index (χ1v) is 23.0. The molecule has 0 aromatic carbocycles. The van der Waals surface area contributed by atoms with E-state index < -0.39 is 11.9 Å². The third kappa shape index (κ3) is 74.1. The molecular weight excluding hydrogens is 649 g/mol. The zero-order chi connectivity index (χ0) is 39.4. The van der Waals surface area contributed by atoms with Crippen LogP contribution in [-0.4, -0.2) is 45.6 Å². The Labute approximate surface area is 326 Å². The van der Waals surface area contributed by atoms with Crippen LogP contribution in [-0.2, 0) is 9.59 Å². The molecule has 0 aromatic rings. The monoisotopic (exact) mass is 745 g/mol. The van der Waals surface area contributed by atoms with E-state index in [1.54, 1.807) is 6.92 Å². The molecule has 0 rings (SSSR count). The summed E-state index contributed by atoms with van der Waals surface area (Å²) in [6, 6.07) is 0. The molecule has 0 saturated heterocycles. The molecule has 52 heavy (non-hydrogen) atoms. The van der Waals surface area contributed by atoms with Crippen molar-refractivity contribution in [1.29, 1.82) is 0 Å². The van der Waals surface area contributed by atoms with E-state index in [0.29, 0.717) is 19.4 Å². The number of hydrogen-bond acceptors (Lipinski definition) is 4. The molecule has 0 bridgehead atoms. The molecule has 0 spiro atoms. The predicted molar refractivity (Wildman–Crippen MR) is 228 cm³/mol. The van der Waals surface area contributed by atoms with Crippen LogP contribution in [0.5, 0.6) is 0 Å². The minimum atomic E-state index is -0.655. The van der Waals surface area contributed by atoms with Gasteiger partial charge in [0.25, 0.3) is 0 Å². The maximum Gasteiger partial charge on any atom is 0.303 e. The summed E-state index contributed by atoms with van der Waals surface area (Å²) in [5, 5.41) is 33.1. The quantitative estimate of drug-likeness (QED) is 0.0468. The summed E-state index contributed by atoms with van der Waals surface area (Å²) in [5.74, 6) is -1.31. The highest BCUT2D eigenvalue weighted by atomic mass is 16.4. The van der Waals surface area contributed by atoms with E-state index >= 15 is 0 Å². The van der Waals surface area contributed by atoms with Crippen molar-refractivity contribution >= 4 is 11.9 Å². The Morgan fingerprint density at radius 3 is 0.596 bits per heavy atom. The molecule has 316 valence electrons. The standard InChI is InChI=1S/2C16H32O2.C12H26O.C2H6O/c2*1-2-3-4-5-6-7-8-9-10-11-12-13-14-15-16(17)18;1-2-3-4-5-6-7-8-9-10-11-12-13;1-2-3/h2*2-15H2,1H3,(H,17,18);13H,2-12H2,1H3;3H,2H2,1H3. The SMILES string of the molecule is CCCCCCCCCCCCCCCC(=O)O.CCCCCCCCCCCCCCCC(=O)O.CCCCCCCCCCCCO.CCO. The van der Waals surface area contributed by atoms with Crippen molar-refractivity contribution in [3.8, 4) is 0 Å². The van der Waals surface area contributed by atoms with Gasteiger partial charge in [0.05, 0.1) is 0 Å². The van der Waals surface area contributed by atoms with Crippen LogP contribution in [0.25, 0.3) is 0 Å². The van der Waals surface area contributed by atoms with Crippen molar-refractivity contribution in [3.05, 3.63) is 0 Å². The minimum Gasteiger partial charge on any atom is -0.481 e. The average Bonchev–Trinajstić information content (AvgIpc) is 3.12. The summed E-state index contributed by atoms with van der Waals surface area (Å²) in [4.78, 5) is 20.6. The lowest BCUT2D eigenvalue weighted by atomic mass is 10.0. The van der Waals surface area contributed by atoms with Gasteiger partial charge in [0.2, 0.25) is 0 Å². The predicted octanol–water partition coefficient (Wildman–Crippen LogP) is 15.0. The van der Waals surface area contributed by atoms with Gasteiger partial charge in [0, 0.05) is 26.1 Å². The van der Waals surface area contributed by atoms with Gasteiger partial charge in [0.1, 0.15) is 0 Å². The molecule has 6 nitrogen and oxygen atoms in total. The number of carboxylic acids is 2. The van der Waals surface area contributed by atoms with Crippen molar-refractivity contribution in [2.24, 2.45) is 0 Å². The summed E-state index contributed by atoms with van der Waals surface area (Å²) in [7, 11) is 0. The van der Waals surface area contributed by atoms with Crippen molar-refractivity contribution < 1.29 is 30.0 Å². The zero-order valence-corrected chi connectivity index (χ0v) is 35.9. The number of hydrogen-bond donors (Lipinski definition) is 4. The summed E-state index contributed by atoms with van der Waals surface area (Å²) in [6.45, 7) is 9.08. The maximum atomic E-state index is 10.3. The number of aliphatic hydroxyl groups excluding tert-OH is 2. The Kier molecular flexibility index (Phi) is 65.5. The molecule has 4 N–H and O–H groups in total. The van der Waals surface area contributed by atoms with Crippen LogP contribution < -0.4 is 0 Å². The molecule has 0 atom stereocenters. The Bertz CT molecular complexity index is 562. The third-order valence-corrected chi connectivity index (χ3v) is 9.50. The van der Waals surface area contributed by atoms with Crippen LogP contribution in [0.3, 0.4) is 0 Å². The maximum absolute atomic E-state index is 10.3. The molecule has 0 aliphatic heterocycles. The third-order valence-electron chi connectivity index (χ3n) is 9.50. The van der Waals surface area contributed by atoms with Crippen LogP contribution in [0, 0.1) is 0 Å².